The Hall–Kier alpha value is -0.980. The van der Waals surface area contributed by atoms with Crippen LogP contribution >= 0.6 is 15.9 Å². The Morgan fingerprint density at radius 2 is 2.40 bits per heavy atom. The molecule has 1 heterocycles. The maximum absolute atomic E-state index is 13.2. The number of hydrogen-bond donors (Lipinski definition) is 2. The summed E-state index contributed by atoms with van der Waals surface area (Å²) in [4.78, 5) is 12.1. The average Bonchev–Trinajstić information content (AvgIpc) is 2.88. The molecule has 1 aromatic rings. The lowest BCUT2D eigenvalue weighted by Gasteiger charge is -2.29. The zero-order valence-corrected chi connectivity index (χ0v) is 12.9. The van der Waals surface area contributed by atoms with E-state index in [0.29, 0.717) is 23.2 Å². The third kappa shape index (κ3) is 3.56. The van der Waals surface area contributed by atoms with Crippen LogP contribution in [-0.2, 0) is 4.74 Å². The number of carbonyl (C=O) groups is 1. The molecule has 1 aromatic carbocycles. The van der Waals surface area contributed by atoms with Crippen molar-refractivity contribution in [1.82, 2.24) is 10.6 Å². The van der Waals surface area contributed by atoms with Crippen molar-refractivity contribution in [2.45, 2.75) is 18.4 Å². The molecule has 0 radical (unpaired) electrons. The molecule has 110 valence electrons. The van der Waals surface area contributed by atoms with E-state index in [2.05, 4.69) is 26.6 Å². The number of methoxy groups -OCH3 is 1. The molecule has 1 unspecified atom stereocenters. The second-order valence-electron chi connectivity index (χ2n) is 5.05. The van der Waals surface area contributed by atoms with Gasteiger partial charge in [0.25, 0.3) is 5.91 Å². The van der Waals surface area contributed by atoms with E-state index in [9.17, 15) is 9.18 Å². The molecule has 4 nitrogen and oxygen atoms in total. The molecule has 1 aliphatic rings. The number of amides is 1. The molecule has 6 heteroatoms. The molecule has 1 amide bonds. The minimum absolute atomic E-state index is 0.218. The lowest BCUT2D eigenvalue weighted by Crippen LogP contribution is -2.53. The summed E-state index contributed by atoms with van der Waals surface area (Å²) >= 11 is 3.26. The van der Waals surface area contributed by atoms with Gasteiger partial charge < -0.3 is 15.4 Å². The van der Waals surface area contributed by atoms with Gasteiger partial charge in [-0.15, -0.1) is 0 Å². The van der Waals surface area contributed by atoms with Gasteiger partial charge in [0, 0.05) is 18.1 Å². The molecule has 0 spiro atoms. The maximum Gasteiger partial charge on any atom is 0.252 e. The van der Waals surface area contributed by atoms with Gasteiger partial charge in [-0.1, -0.05) is 0 Å². The van der Waals surface area contributed by atoms with Gasteiger partial charge in [-0.2, -0.15) is 0 Å². The lowest BCUT2D eigenvalue weighted by atomic mass is 9.98. The fourth-order valence-electron chi connectivity index (χ4n) is 2.49. The van der Waals surface area contributed by atoms with Crippen LogP contribution in [0.2, 0.25) is 0 Å². The smallest absolute Gasteiger partial charge is 0.252 e. The second-order valence-corrected chi connectivity index (χ2v) is 5.90. The number of hydrogen-bond acceptors (Lipinski definition) is 3. The zero-order valence-electron chi connectivity index (χ0n) is 11.3. The van der Waals surface area contributed by atoms with E-state index >= 15 is 0 Å². The van der Waals surface area contributed by atoms with E-state index in [-0.39, 0.29) is 11.4 Å². The van der Waals surface area contributed by atoms with E-state index in [1.807, 2.05) is 0 Å². The SMILES string of the molecule is COCC1(CNC(=O)c2cc(F)ccc2Br)CCCN1. The molecule has 0 bridgehead atoms. The molecule has 1 aliphatic heterocycles. The Morgan fingerprint density at radius 3 is 3.05 bits per heavy atom. The van der Waals surface area contributed by atoms with E-state index in [1.165, 1.54) is 18.2 Å². The van der Waals surface area contributed by atoms with E-state index in [1.54, 1.807) is 7.11 Å². The van der Waals surface area contributed by atoms with Crippen LogP contribution in [0.25, 0.3) is 0 Å². The van der Waals surface area contributed by atoms with Crippen LogP contribution in [-0.4, -0.2) is 38.3 Å². The number of benzene rings is 1. The highest BCUT2D eigenvalue weighted by Crippen LogP contribution is 2.20. The minimum Gasteiger partial charge on any atom is -0.383 e. The van der Waals surface area contributed by atoms with Crippen LogP contribution < -0.4 is 10.6 Å². The second kappa shape index (κ2) is 6.65. The molecule has 2 N–H and O–H groups in total. The highest BCUT2D eigenvalue weighted by molar-refractivity contribution is 9.10. The maximum atomic E-state index is 13.2. The van der Waals surface area contributed by atoms with Crippen LogP contribution in [0.3, 0.4) is 0 Å². The van der Waals surface area contributed by atoms with Crippen LogP contribution in [0.15, 0.2) is 22.7 Å². The number of nitrogens with one attached hydrogen (secondary N) is 2. The van der Waals surface area contributed by atoms with Crippen molar-refractivity contribution in [2.75, 3.05) is 26.8 Å². The van der Waals surface area contributed by atoms with Crippen LogP contribution in [0.1, 0.15) is 23.2 Å². The van der Waals surface area contributed by atoms with Crippen molar-refractivity contribution < 1.29 is 13.9 Å². The molecular weight excluding hydrogens is 327 g/mol. The van der Waals surface area contributed by atoms with Crippen molar-refractivity contribution in [3.63, 3.8) is 0 Å². The van der Waals surface area contributed by atoms with Crippen LogP contribution in [0.4, 0.5) is 4.39 Å². The summed E-state index contributed by atoms with van der Waals surface area (Å²) in [7, 11) is 1.65. The number of carbonyl (C=O) groups excluding carboxylic acids is 1. The first-order valence-electron chi connectivity index (χ1n) is 6.53. The van der Waals surface area contributed by atoms with E-state index < -0.39 is 5.82 Å². The van der Waals surface area contributed by atoms with Crippen molar-refractivity contribution in [1.29, 1.82) is 0 Å². The first-order chi connectivity index (χ1) is 9.56. The third-order valence-electron chi connectivity index (χ3n) is 3.51. The van der Waals surface area contributed by atoms with E-state index in [0.717, 1.165) is 19.4 Å². The predicted molar refractivity (Wildman–Crippen MR) is 78.3 cm³/mol. The summed E-state index contributed by atoms with van der Waals surface area (Å²) in [5.41, 5.74) is 0.0834. The average molecular weight is 345 g/mol. The first kappa shape index (κ1) is 15.4. The Bertz CT molecular complexity index is 490. The van der Waals surface area contributed by atoms with Crippen LogP contribution in [0.5, 0.6) is 0 Å². The highest BCUT2D eigenvalue weighted by atomic mass is 79.9. The minimum atomic E-state index is -0.427. The third-order valence-corrected chi connectivity index (χ3v) is 4.20. The summed E-state index contributed by atoms with van der Waals surface area (Å²) < 4.78 is 19.0. The van der Waals surface area contributed by atoms with Gasteiger partial charge >= 0.3 is 0 Å². The fraction of sp³-hybridized carbons (Fsp3) is 0.500. The molecular formula is C14H18BrFN2O2. The van der Waals surface area contributed by atoms with Gasteiger partial charge in [-0.25, -0.2) is 4.39 Å². The molecule has 0 saturated carbocycles. The van der Waals surface area contributed by atoms with Gasteiger partial charge in [0.05, 0.1) is 17.7 Å². The van der Waals surface area contributed by atoms with Crippen molar-refractivity contribution in [2.24, 2.45) is 0 Å². The predicted octanol–water partition coefficient (Wildman–Crippen LogP) is 2.09. The molecule has 1 atom stereocenters. The summed E-state index contributed by atoms with van der Waals surface area (Å²) in [6.07, 6.45) is 2.01. The van der Waals surface area contributed by atoms with Crippen molar-refractivity contribution in [3.8, 4) is 0 Å². The van der Waals surface area contributed by atoms with Crippen molar-refractivity contribution >= 4 is 21.8 Å². The number of ether oxygens (including phenoxy) is 1. The standard InChI is InChI=1S/C14H18BrFN2O2/c1-20-9-14(5-2-6-18-14)8-17-13(19)11-7-10(16)3-4-12(11)15/h3-4,7,18H,2,5-6,8-9H2,1H3,(H,17,19). The first-order valence-corrected chi connectivity index (χ1v) is 7.33. The lowest BCUT2D eigenvalue weighted by molar-refractivity contribution is 0.0891. The molecule has 1 fully saturated rings. The fourth-order valence-corrected chi connectivity index (χ4v) is 2.91. The number of rotatable bonds is 5. The van der Waals surface area contributed by atoms with E-state index in [4.69, 9.17) is 4.74 Å². The summed E-state index contributed by atoms with van der Waals surface area (Å²) in [6, 6.07) is 4.07. The topological polar surface area (TPSA) is 50.4 Å². The highest BCUT2D eigenvalue weighted by Gasteiger charge is 2.33. The summed E-state index contributed by atoms with van der Waals surface area (Å²) in [5.74, 6) is -0.718. The van der Waals surface area contributed by atoms with Crippen LogP contribution in [0, 0.1) is 5.82 Å². The summed E-state index contributed by atoms with van der Waals surface area (Å²) in [5, 5.41) is 6.23. The normalized spacial score (nSPS) is 21.9. The molecule has 0 aliphatic carbocycles. The van der Waals surface area contributed by atoms with Gasteiger partial charge in [0.15, 0.2) is 0 Å². The molecule has 20 heavy (non-hydrogen) atoms. The number of halogens is 2. The molecule has 1 saturated heterocycles. The molecule has 0 aromatic heterocycles. The Kier molecular flexibility index (Phi) is 5.12. The quantitative estimate of drug-likeness (QED) is 0.859. The largest absolute Gasteiger partial charge is 0.383 e. The van der Waals surface area contributed by atoms with Gasteiger partial charge in [-0.05, 0) is 53.5 Å². The summed E-state index contributed by atoms with van der Waals surface area (Å²) in [6.45, 7) is 1.92. The monoisotopic (exact) mass is 344 g/mol. The van der Waals surface area contributed by atoms with Gasteiger partial charge in [-0.3, -0.25) is 4.79 Å². The molecule has 2 rings (SSSR count). The Balaban J connectivity index is 2.02. The Morgan fingerprint density at radius 1 is 1.60 bits per heavy atom. The Labute approximate surface area is 126 Å². The van der Waals surface area contributed by atoms with Gasteiger partial charge in [0.2, 0.25) is 0 Å². The van der Waals surface area contributed by atoms with Gasteiger partial charge in [0.1, 0.15) is 5.82 Å². The zero-order chi connectivity index (χ0) is 14.6. The van der Waals surface area contributed by atoms with Crippen molar-refractivity contribution in [3.05, 3.63) is 34.1 Å².